The van der Waals surface area contributed by atoms with E-state index in [0.717, 1.165) is 14.8 Å². The highest BCUT2D eigenvalue weighted by atomic mass is 127. The fourth-order valence-corrected chi connectivity index (χ4v) is 2.69. The van der Waals surface area contributed by atoms with E-state index >= 15 is 0 Å². The lowest BCUT2D eigenvalue weighted by Crippen LogP contribution is -2.09. The Morgan fingerprint density at radius 2 is 2.05 bits per heavy atom. The molecule has 2 aromatic rings. The van der Waals surface area contributed by atoms with Crippen molar-refractivity contribution in [2.24, 2.45) is 0 Å². The Kier molecular flexibility index (Phi) is 4.34. The Hall–Kier alpha value is -1.24. The Bertz CT molecular complexity index is 599. The molecule has 0 radical (unpaired) electrons. The van der Waals surface area contributed by atoms with Gasteiger partial charge in [-0.1, -0.05) is 26.0 Å². The molecule has 1 heterocycles. The van der Waals surface area contributed by atoms with Gasteiger partial charge >= 0.3 is 0 Å². The van der Waals surface area contributed by atoms with E-state index in [1.165, 1.54) is 12.1 Å². The quantitative estimate of drug-likeness (QED) is 0.841. The van der Waals surface area contributed by atoms with Gasteiger partial charge in [-0.2, -0.15) is 0 Å². The highest BCUT2D eigenvalue weighted by Gasteiger charge is 2.13. The van der Waals surface area contributed by atoms with Gasteiger partial charge in [0.15, 0.2) is 0 Å². The molecule has 1 aromatic carbocycles. The topological polar surface area (TPSA) is 51.8 Å². The van der Waals surface area contributed by atoms with Gasteiger partial charge in [-0.05, 0) is 46.2 Å². The van der Waals surface area contributed by atoms with Gasteiger partial charge in [0.25, 0.3) is 0 Å². The second kappa shape index (κ2) is 5.81. The van der Waals surface area contributed by atoms with Crippen LogP contribution in [0.25, 0.3) is 0 Å². The third-order valence-electron chi connectivity index (χ3n) is 2.75. The van der Waals surface area contributed by atoms with Crippen LogP contribution in [-0.4, -0.2) is 9.97 Å². The number of hydrogen-bond donors (Lipinski definition) is 1. The standard InChI is InChI=1S/C14H15FIN3/c1-8(2)13-12(16)14(17)19-11(18-13)7-9-4-3-5-10(15)6-9/h3-6,8H,7H2,1-2H3,(H2,17,18,19). The van der Waals surface area contributed by atoms with E-state index in [2.05, 4.69) is 46.4 Å². The molecule has 0 spiro atoms. The molecule has 1 aromatic heterocycles. The molecule has 0 aliphatic carbocycles. The van der Waals surface area contributed by atoms with Crippen LogP contribution < -0.4 is 5.73 Å². The molecule has 19 heavy (non-hydrogen) atoms. The number of benzene rings is 1. The molecular formula is C14H15FIN3. The zero-order valence-corrected chi connectivity index (χ0v) is 13.0. The summed E-state index contributed by atoms with van der Waals surface area (Å²) in [6, 6.07) is 6.46. The molecule has 3 nitrogen and oxygen atoms in total. The second-order valence-corrected chi connectivity index (χ2v) is 5.76. The lowest BCUT2D eigenvalue weighted by Gasteiger charge is -2.11. The zero-order chi connectivity index (χ0) is 14.0. The van der Waals surface area contributed by atoms with Gasteiger partial charge < -0.3 is 5.73 Å². The molecule has 0 saturated heterocycles. The minimum absolute atomic E-state index is 0.250. The van der Waals surface area contributed by atoms with Crippen LogP contribution in [0.5, 0.6) is 0 Å². The molecule has 0 unspecified atom stereocenters. The molecule has 2 rings (SSSR count). The predicted octanol–water partition coefficient (Wildman–Crippen LogP) is 3.52. The predicted molar refractivity (Wildman–Crippen MR) is 82.5 cm³/mol. The Labute approximate surface area is 125 Å². The van der Waals surface area contributed by atoms with Crippen LogP contribution >= 0.6 is 22.6 Å². The van der Waals surface area contributed by atoms with Gasteiger partial charge in [0.1, 0.15) is 17.5 Å². The minimum Gasteiger partial charge on any atom is -0.383 e. The van der Waals surface area contributed by atoms with Gasteiger partial charge in [0.05, 0.1) is 9.26 Å². The normalized spacial score (nSPS) is 11.0. The van der Waals surface area contributed by atoms with Gasteiger partial charge in [0.2, 0.25) is 0 Å². The van der Waals surface area contributed by atoms with E-state index < -0.39 is 0 Å². The Balaban J connectivity index is 2.36. The summed E-state index contributed by atoms with van der Waals surface area (Å²) >= 11 is 2.16. The Morgan fingerprint density at radius 3 is 2.68 bits per heavy atom. The van der Waals surface area contributed by atoms with Crippen molar-refractivity contribution in [3.8, 4) is 0 Å². The molecule has 5 heteroatoms. The summed E-state index contributed by atoms with van der Waals surface area (Å²) in [5.41, 5.74) is 7.70. The maximum absolute atomic E-state index is 13.2. The lowest BCUT2D eigenvalue weighted by atomic mass is 10.1. The van der Waals surface area contributed by atoms with Crippen molar-refractivity contribution < 1.29 is 4.39 Å². The summed E-state index contributed by atoms with van der Waals surface area (Å²) in [5, 5.41) is 0. The van der Waals surface area contributed by atoms with Crippen molar-refractivity contribution in [2.75, 3.05) is 5.73 Å². The lowest BCUT2D eigenvalue weighted by molar-refractivity contribution is 0.625. The van der Waals surface area contributed by atoms with E-state index in [1.54, 1.807) is 6.07 Å². The summed E-state index contributed by atoms with van der Waals surface area (Å²) in [6.45, 7) is 4.13. The monoisotopic (exact) mass is 371 g/mol. The first-order valence-electron chi connectivity index (χ1n) is 6.03. The number of hydrogen-bond acceptors (Lipinski definition) is 3. The van der Waals surface area contributed by atoms with E-state index in [1.807, 2.05) is 6.07 Å². The SMILES string of the molecule is CC(C)c1nc(Cc2cccc(F)c2)nc(N)c1I. The number of rotatable bonds is 3. The van der Waals surface area contributed by atoms with Crippen molar-refractivity contribution in [1.82, 2.24) is 9.97 Å². The van der Waals surface area contributed by atoms with E-state index in [4.69, 9.17) is 5.73 Å². The summed E-state index contributed by atoms with van der Waals surface area (Å²) in [4.78, 5) is 8.81. The van der Waals surface area contributed by atoms with Gasteiger partial charge in [0, 0.05) is 6.42 Å². The number of nitrogens with two attached hydrogens (primary N) is 1. The second-order valence-electron chi connectivity index (χ2n) is 4.69. The summed E-state index contributed by atoms with van der Waals surface area (Å²) in [5.74, 6) is 1.15. The van der Waals surface area contributed by atoms with Crippen LogP contribution in [0.3, 0.4) is 0 Å². The first-order valence-corrected chi connectivity index (χ1v) is 7.11. The van der Waals surface area contributed by atoms with Crippen LogP contribution in [0, 0.1) is 9.39 Å². The number of anilines is 1. The number of nitrogen functional groups attached to an aromatic ring is 1. The minimum atomic E-state index is -0.250. The number of aromatic nitrogens is 2. The maximum atomic E-state index is 13.2. The van der Waals surface area contributed by atoms with E-state index in [0.29, 0.717) is 18.1 Å². The first kappa shape index (κ1) is 14.2. The molecule has 0 aliphatic rings. The zero-order valence-electron chi connectivity index (χ0n) is 10.8. The van der Waals surface area contributed by atoms with Crippen molar-refractivity contribution in [1.29, 1.82) is 0 Å². The maximum Gasteiger partial charge on any atom is 0.140 e. The van der Waals surface area contributed by atoms with Crippen molar-refractivity contribution in [3.63, 3.8) is 0 Å². The molecule has 0 amide bonds. The number of halogens is 2. The summed E-state index contributed by atoms with van der Waals surface area (Å²) in [6.07, 6.45) is 0.485. The molecule has 0 atom stereocenters. The van der Waals surface area contributed by atoms with Gasteiger partial charge in [-0.3, -0.25) is 0 Å². The smallest absolute Gasteiger partial charge is 0.140 e. The summed E-state index contributed by atoms with van der Waals surface area (Å²) in [7, 11) is 0. The average molecular weight is 371 g/mol. The van der Waals surface area contributed by atoms with Crippen molar-refractivity contribution >= 4 is 28.4 Å². The van der Waals surface area contributed by atoms with Crippen molar-refractivity contribution in [3.05, 3.63) is 50.7 Å². The molecule has 0 aliphatic heterocycles. The van der Waals surface area contributed by atoms with Crippen LogP contribution in [-0.2, 0) is 6.42 Å². The molecule has 100 valence electrons. The fourth-order valence-electron chi connectivity index (χ4n) is 1.82. The third-order valence-corrected chi connectivity index (χ3v) is 3.85. The van der Waals surface area contributed by atoms with E-state index in [-0.39, 0.29) is 11.7 Å². The summed E-state index contributed by atoms with van der Waals surface area (Å²) < 4.78 is 14.1. The van der Waals surface area contributed by atoms with Crippen LogP contribution in [0.4, 0.5) is 10.2 Å². The highest BCUT2D eigenvalue weighted by Crippen LogP contribution is 2.23. The molecule has 0 saturated carbocycles. The largest absolute Gasteiger partial charge is 0.383 e. The third kappa shape index (κ3) is 3.40. The van der Waals surface area contributed by atoms with Crippen LogP contribution in [0.2, 0.25) is 0 Å². The van der Waals surface area contributed by atoms with Crippen LogP contribution in [0.15, 0.2) is 24.3 Å². The van der Waals surface area contributed by atoms with Crippen molar-refractivity contribution in [2.45, 2.75) is 26.2 Å². The van der Waals surface area contributed by atoms with E-state index in [9.17, 15) is 4.39 Å². The molecular weight excluding hydrogens is 356 g/mol. The van der Waals surface area contributed by atoms with Crippen LogP contribution in [0.1, 0.15) is 36.8 Å². The highest BCUT2D eigenvalue weighted by molar-refractivity contribution is 14.1. The molecule has 0 fully saturated rings. The average Bonchev–Trinajstić information content (AvgIpc) is 2.33. The number of nitrogens with zero attached hydrogens (tertiary/aromatic N) is 2. The first-order chi connectivity index (χ1) is 8.97. The molecule has 2 N–H and O–H groups in total. The Morgan fingerprint density at radius 1 is 1.32 bits per heavy atom. The molecule has 0 bridgehead atoms. The van der Waals surface area contributed by atoms with Gasteiger partial charge in [-0.25, -0.2) is 14.4 Å². The van der Waals surface area contributed by atoms with Gasteiger partial charge in [-0.15, -0.1) is 0 Å². The fraction of sp³-hybridized carbons (Fsp3) is 0.286.